The Bertz CT molecular complexity index is 522. The number of ether oxygens (including phenoxy) is 1. The zero-order chi connectivity index (χ0) is 12.5. The zero-order valence-corrected chi connectivity index (χ0v) is 8.36. The van der Waals surface area contributed by atoms with Gasteiger partial charge in [-0.25, -0.2) is 0 Å². The molecule has 7 heteroatoms. The molecule has 1 aromatic heterocycles. The Morgan fingerprint density at radius 2 is 1.94 bits per heavy atom. The summed E-state index contributed by atoms with van der Waals surface area (Å²) in [5.41, 5.74) is 4.32. The van der Waals surface area contributed by atoms with Gasteiger partial charge in [-0.2, -0.15) is 18.2 Å². The molecule has 2 aromatic rings. The first-order valence-corrected chi connectivity index (χ1v) is 4.52. The van der Waals surface area contributed by atoms with E-state index in [-0.39, 0.29) is 17.7 Å². The maximum absolute atomic E-state index is 12.6. The first-order chi connectivity index (χ1) is 7.97. The van der Waals surface area contributed by atoms with Crippen molar-refractivity contribution in [3.8, 4) is 11.8 Å². The quantitative estimate of drug-likeness (QED) is 0.881. The summed E-state index contributed by atoms with van der Waals surface area (Å²) in [5, 5.41) is 0. The maximum atomic E-state index is 12.6. The molecule has 0 spiro atoms. The summed E-state index contributed by atoms with van der Waals surface area (Å²) in [6.07, 6.45) is -3.69. The van der Waals surface area contributed by atoms with Crippen LogP contribution in [0.5, 0.6) is 11.8 Å². The molecule has 2 rings (SSSR count). The van der Waals surface area contributed by atoms with Gasteiger partial charge in [0.15, 0.2) is 0 Å². The molecule has 1 heterocycles. The van der Waals surface area contributed by atoms with Crippen LogP contribution in [0, 0.1) is 0 Å². The van der Waals surface area contributed by atoms with E-state index in [9.17, 15) is 13.2 Å². The number of alkyl halides is 3. The van der Waals surface area contributed by atoms with Crippen molar-refractivity contribution in [1.29, 1.82) is 0 Å². The molecule has 0 saturated heterocycles. The van der Waals surface area contributed by atoms with E-state index in [1.54, 1.807) is 0 Å². The third-order valence-electron chi connectivity index (χ3n) is 1.89. The number of benzene rings is 1. The number of oxazole rings is 1. The van der Waals surface area contributed by atoms with Gasteiger partial charge in [-0.05, 0) is 12.1 Å². The number of para-hydroxylation sites is 1. The predicted molar refractivity (Wildman–Crippen MR) is 52.4 cm³/mol. The molecule has 0 amide bonds. The molecule has 0 atom stereocenters. The minimum atomic E-state index is -4.51. The van der Waals surface area contributed by atoms with Crippen LogP contribution in [0.1, 0.15) is 5.56 Å². The smallest absolute Gasteiger partial charge is 0.410 e. The number of nitrogen functional groups attached to an aromatic ring is 1. The van der Waals surface area contributed by atoms with Crippen molar-refractivity contribution in [3.63, 3.8) is 0 Å². The average molecular weight is 244 g/mol. The van der Waals surface area contributed by atoms with E-state index < -0.39 is 11.7 Å². The molecule has 17 heavy (non-hydrogen) atoms. The summed E-state index contributed by atoms with van der Waals surface area (Å²) >= 11 is 0. The van der Waals surface area contributed by atoms with Crippen molar-refractivity contribution < 1.29 is 22.3 Å². The minimum absolute atomic E-state index is 0.0375. The van der Waals surface area contributed by atoms with Gasteiger partial charge in [0.05, 0.1) is 11.8 Å². The van der Waals surface area contributed by atoms with Crippen LogP contribution in [0.2, 0.25) is 0 Å². The van der Waals surface area contributed by atoms with Crippen molar-refractivity contribution in [2.75, 3.05) is 5.73 Å². The van der Waals surface area contributed by atoms with Crippen LogP contribution in [-0.4, -0.2) is 4.98 Å². The lowest BCUT2D eigenvalue weighted by atomic mass is 10.2. The molecular weight excluding hydrogens is 237 g/mol. The Hall–Kier alpha value is -2.18. The summed E-state index contributed by atoms with van der Waals surface area (Å²) in [6.45, 7) is 0. The van der Waals surface area contributed by atoms with Gasteiger partial charge in [0.1, 0.15) is 5.75 Å². The van der Waals surface area contributed by atoms with Crippen molar-refractivity contribution in [2.45, 2.75) is 6.18 Å². The molecule has 0 unspecified atom stereocenters. The van der Waals surface area contributed by atoms with Gasteiger partial charge in [-0.1, -0.05) is 12.1 Å². The van der Waals surface area contributed by atoms with Gasteiger partial charge in [-0.3, -0.25) is 0 Å². The van der Waals surface area contributed by atoms with Crippen molar-refractivity contribution in [3.05, 3.63) is 36.0 Å². The predicted octanol–water partition coefficient (Wildman–Crippen LogP) is 3.07. The summed E-state index contributed by atoms with van der Waals surface area (Å²) < 4.78 is 47.4. The van der Waals surface area contributed by atoms with E-state index in [0.29, 0.717) is 0 Å². The fourth-order valence-corrected chi connectivity index (χ4v) is 1.20. The number of aromatic nitrogens is 1. The standard InChI is InChI=1S/C10H7F3N2O2/c11-10(12,13)6-3-1-2-4-7(6)16-9-15-5-8(14)17-9/h1-5H,14H2. The highest BCUT2D eigenvalue weighted by Crippen LogP contribution is 2.37. The molecule has 4 nitrogen and oxygen atoms in total. The number of rotatable bonds is 2. The van der Waals surface area contributed by atoms with Crippen LogP contribution >= 0.6 is 0 Å². The highest BCUT2D eigenvalue weighted by molar-refractivity contribution is 5.37. The van der Waals surface area contributed by atoms with Crippen LogP contribution in [0.3, 0.4) is 0 Å². The van der Waals surface area contributed by atoms with Crippen LogP contribution in [0.4, 0.5) is 19.1 Å². The number of anilines is 1. The van der Waals surface area contributed by atoms with Crippen LogP contribution < -0.4 is 10.5 Å². The lowest BCUT2D eigenvalue weighted by molar-refractivity contribution is -0.138. The molecule has 1 aromatic carbocycles. The molecule has 90 valence electrons. The van der Waals surface area contributed by atoms with Gasteiger partial charge in [0, 0.05) is 0 Å². The Balaban J connectivity index is 2.33. The first-order valence-electron chi connectivity index (χ1n) is 4.52. The van der Waals surface area contributed by atoms with Crippen LogP contribution in [-0.2, 0) is 6.18 Å². The SMILES string of the molecule is Nc1cnc(Oc2ccccc2C(F)(F)F)o1. The van der Waals surface area contributed by atoms with Gasteiger partial charge >= 0.3 is 12.3 Å². The van der Waals surface area contributed by atoms with E-state index in [4.69, 9.17) is 14.9 Å². The van der Waals surface area contributed by atoms with E-state index in [1.807, 2.05) is 0 Å². The summed E-state index contributed by atoms with van der Waals surface area (Å²) in [5.74, 6) is -0.425. The number of hydrogen-bond acceptors (Lipinski definition) is 4. The second-order valence-electron chi connectivity index (χ2n) is 3.12. The third-order valence-corrected chi connectivity index (χ3v) is 1.89. The minimum Gasteiger partial charge on any atom is -0.410 e. The molecule has 0 radical (unpaired) electrons. The Morgan fingerprint density at radius 3 is 2.53 bits per heavy atom. The van der Waals surface area contributed by atoms with Crippen LogP contribution in [0.15, 0.2) is 34.9 Å². The molecule has 0 fully saturated rings. The average Bonchev–Trinajstić information content (AvgIpc) is 2.63. The number of nitrogens with two attached hydrogens (primary N) is 1. The topological polar surface area (TPSA) is 61.3 Å². The Kier molecular flexibility index (Phi) is 2.66. The largest absolute Gasteiger partial charge is 0.419 e. The van der Waals surface area contributed by atoms with Gasteiger partial charge in [0.25, 0.3) is 0 Å². The van der Waals surface area contributed by atoms with Crippen LogP contribution in [0.25, 0.3) is 0 Å². The first kappa shape index (κ1) is 11.3. The second kappa shape index (κ2) is 4.00. The van der Waals surface area contributed by atoms with Gasteiger partial charge in [0.2, 0.25) is 5.88 Å². The number of hydrogen-bond donors (Lipinski definition) is 1. The summed E-state index contributed by atoms with van der Waals surface area (Å²) in [4.78, 5) is 3.55. The summed E-state index contributed by atoms with van der Waals surface area (Å²) in [6, 6.07) is 4.75. The maximum Gasteiger partial charge on any atom is 0.419 e. The highest BCUT2D eigenvalue weighted by Gasteiger charge is 2.34. The fourth-order valence-electron chi connectivity index (χ4n) is 1.20. The molecule has 0 saturated carbocycles. The Labute approximate surface area is 93.8 Å². The summed E-state index contributed by atoms with van der Waals surface area (Å²) in [7, 11) is 0. The third kappa shape index (κ3) is 2.49. The normalized spacial score (nSPS) is 11.5. The van der Waals surface area contributed by atoms with E-state index in [0.717, 1.165) is 12.3 Å². The lowest BCUT2D eigenvalue weighted by Crippen LogP contribution is -2.06. The lowest BCUT2D eigenvalue weighted by Gasteiger charge is -2.10. The van der Waals surface area contributed by atoms with Crippen molar-refractivity contribution in [1.82, 2.24) is 4.98 Å². The Morgan fingerprint density at radius 1 is 1.24 bits per heavy atom. The molecule has 0 aliphatic heterocycles. The molecule has 2 N–H and O–H groups in total. The van der Waals surface area contributed by atoms with Crippen molar-refractivity contribution >= 4 is 5.88 Å². The van der Waals surface area contributed by atoms with E-state index in [2.05, 4.69) is 4.98 Å². The van der Waals surface area contributed by atoms with Gasteiger partial charge < -0.3 is 14.9 Å². The monoisotopic (exact) mass is 244 g/mol. The number of halogens is 3. The molecular formula is C10H7F3N2O2. The number of nitrogens with zero attached hydrogens (tertiary/aromatic N) is 1. The second-order valence-corrected chi connectivity index (χ2v) is 3.12. The van der Waals surface area contributed by atoms with E-state index >= 15 is 0 Å². The van der Waals surface area contributed by atoms with E-state index in [1.165, 1.54) is 18.2 Å². The zero-order valence-electron chi connectivity index (χ0n) is 8.36. The molecule has 0 bridgehead atoms. The molecule has 0 aliphatic rings. The fraction of sp³-hybridized carbons (Fsp3) is 0.100. The van der Waals surface area contributed by atoms with Gasteiger partial charge in [-0.15, -0.1) is 0 Å². The highest BCUT2D eigenvalue weighted by atomic mass is 19.4. The van der Waals surface area contributed by atoms with Crippen molar-refractivity contribution in [2.24, 2.45) is 0 Å². The molecule has 0 aliphatic carbocycles.